The third-order valence-corrected chi connectivity index (χ3v) is 7.11. The standard InChI is InChI=1S/C25H22ClN3O3S2/c1-16(17-7-4-3-5-8-17)27-23(30)15-34-25-28-21(14-19-9-6-12-33-19)24(31)29(25)18-10-11-22(32-2)20(26)13-18/h3-14,16H,15H2,1-2H3,(H,27,30)/b21-14-. The van der Waals surface area contributed by atoms with Gasteiger partial charge in [0.05, 0.1) is 29.6 Å². The van der Waals surface area contributed by atoms with Crippen molar-refractivity contribution < 1.29 is 14.3 Å². The summed E-state index contributed by atoms with van der Waals surface area (Å²) in [6.07, 6.45) is 1.75. The van der Waals surface area contributed by atoms with E-state index in [1.165, 1.54) is 35.1 Å². The number of aliphatic imine (C=N–C) groups is 1. The van der Waals surface area contributed by atoms with Crippen LogP contribution in [-0.2, 0) is 9.59 Å². The van der Waals surface area contributed by atoms with Crippen LogP contribution in [0.15, 0.2) is 76.7 Å². The Morgan fingerprint density at radius 3 is 2.71 bits per heavy atom. The topological polar surface area (TPSA) is 71.0 Å². The molecule has 174 valence electrons. The van der Waals surface area contributed by atoms with Crippen LogP contribution in [0.3, 0.4) is 0 Å². The zero-order chi connectivity index (χ0) is 24.1. The fourth-order valence-electron chi connectivity index (χ4n) is 3.36. The van der Waals surface area contributed by atoms with Crippen LogP contribution < -0.4 is 15.0 Å². The Morgan fingerprint density at radius 2 is 2.03 bits per heavy atom. The summed E-state index contributed by atoms with van der Waals surface area (Å²) in [5.74, 6) is 0.178. The van der Waals surface area contributed by atoms with Gasteiger partial charge >= 0.3 is 0 Å². The Bertz CT molecular complexity index is 1240. The van der Waals surface area contributed by atoms with Crippen LogP contribution in [-0.4, -0.2) is 29.8 Å². The number of thiophene rings is 1. The molecule has 1 atom stereocenters. The second kappa shape index (κ2) is 10.9. The molecular weight excluding hydrogens is 490 g/mol. The van der Waals surface area contributed by atoms with Crippen molar-refractivity contribution in [3.05, 3.63) is 87.2 Å². The molecule has 1 N–H and O–H groups in total. The fraction of sp³-hybridized carbons (Fsp3) is 0.160. The van der Waals surface area contributed by atoms with E-state index >= 15 is 0 Å². The average Bonchev–Trinajstić information content (AvgIpc) is 3.46. The number of thioether (sulfide) groups is 1. The van der Waals surface area contributed by atoms with Gasteiger partial charge in [0.25, 0.3) is 5.91 Å². The maximum atomic E-state index is 13.3. The van der Waals surface area contributed by atoms with E-state index in [4.69, 9.17) is 16.3 Å². The van der Waals surface area contributed by atoms with E-state index in [0.29, 0.717) is 27.3 Å². The SMILES string of the molecule is COc1ccc(N2C(=O)/C(=C/c3cccs3)N=C2SCC(=O)NC(C)c2ccccc2)cc1Cl. The summed E-state index contributed by atoms with van der Waals surface area (Å²) in [5, 5.41) is 5.71. The van der Waals surface area contributed by atoms with Crippen molar-refractivity contribution >= 4 is 63.4 Å². The van der Waals surface area contributed by atoms with Gasteiger partial charge in [-0.3, -0.25) is 14.5 Å². The van der Waals surface area contributed by atoms with Crippen LogP contribution >= 0.6 is 34.7 Å². The molecule has 0 spiro atoms. The number of nitrogens with one attached hydrogen (secondary N) is 1. The quantitative estimate of drug-likeness (QED) is 0.409. The van der Waals surface area contributed by atoms with Crippen molar-refractivity contribution in [2.24, 2.45) is 4.99 Å². The molecule has 0 aliphatic carbocycles. The Kier molecular flexibility index (Phi) is 7.72. The number of amidine groups is 1. The van der Waals surface area contributed by atoms with Crippen molar-refractivity contribution in [3.63, 3.8) is 0 Å². The summed E-state index contributed by atoms with van der Waals surface area (Å²) in [7, 11) is 1.53. The van der Waals surface area contributed by atoms with Gasteiger partial charge in [-0.05, 0) is 48.2 Å². The zero-order valence-electron chi connectivity index (χ0n) is 18.5. The molecule has 3 aromatic rings. The minimum atomic E-state index is -0.282. The van der Waals surface area contributed by atoms with E-state index < -0.39 is 0 Å². The van der Waals surface area contributed by atoms with Gasteiger partial charge in [0, 0.05) is 4.88 Å². The monoisotopic (exact) mass is 511 g/mol. The predicted molar refractivity (Wildman–Crippen MR) is 141 cm³/mol. The lowest BCUT2D eigenvalue weighted by Gasteiger charge is -2.19. The molecule has 0 radical (unpaired) electrons. The lowest BCUT2D eigenvalue weighted by molar-refractivity contribution is -0.119. The van der Waals surface area contributed by atoms with Crippen LogP contribution in [0.25, 0.3) is 6.08 Å². The van der Waals surface area contributed by atoms with E-state index in [-0.39, 0.29) is 23.6 Å². The van der Waals surface area contributed by atoms with Crippen molar-refractivity contribution in [2.45, 2.75) is 13.0 Å². The maximum Gasteiger partial charge on any atom is 0.283 e. The molecular formula is C25H22ClN3O3S2. The normalized spacial score (nSPS) is 15.4. The molecule has 2 aromatic carbocycles. The lowest BCUT2D eigenvalue weighted by atomic mass is 10.1. The Labute approximate surface area is 211 Å². The molecule has 0 saturated carbocycles. The van der Waals surface area contributed by atoms with E-state index in [9.17, 15) is 9.59 Å². The van der Waals surface area contributed by atoms with Gasteiger partial charge in [-0.1, -0.05) is 59.8 Å². The molecule has 9 heteroatoms. The number of halogens is 1. The first-order valence-electron chi connectivity index (χ1n) is 10.4. The number of benzene rings is 2. The van der Waals surface area contributed by atoms with E-state index in [1.54, 1.807) is 24.3 Å². The highest BCUT2D eigenvalue weighted by molar-refractivity contribution is 8.14. The third kappa shape index (κ3) is 5.52. The van der Waals surface area contributed by atoms with Crippen molar-refractivity contribution in [1.82, 2.24) is 5.32 Å². The van der Waals surface area contributed by atoms with E-state index in [1.807, 2.05) is 54.8 Å². The second-order valence-electron chi connectivity index (χ2n) is 7.39. The number of rotatable bonds is 7. The third-order valence-electron chi connectivity index (χ3n) is 5.05. The van der Waals surface area contributed by atoms with E-state index in [0.717, 1.165) is 10.4 Å². The van der Waals surface area contributed by atoms with Crippen LogP contribution in [0.1, 0.15) is 23.4 Å². The summed E-state index contributed by atoms with van der Waals surface area (Å²) in [6.45, 7) is 1.93. The number of carbonyl (C=O) groups excluding carboxylic acids is 2. The van der Waals surface area contributed by atoms with Crippen LogP contribution in [0.4, 0.5) is 5.69 Å². The summed E-state index contributed by atoms with van der Waals surface area (Å²) in [6, 6.07) is 18.5. The van der Waals surface area contributed by atoms with Crippen molar-refractivity contribution in [1.29, 1.82) is 0 Å². The molecule has 1 aliphatic rings. The minimum Gasteiger partial charge on any atom is -0.495 e. The summed E-state index contributed by atoms with van der Waals surface area (Å²) < 4.78 is 5.23. The highest BCUT2D eigenvalue weighted by Crippen LogP contribution is 2.34. The van der Waals surface area contributed by atoms with Crippen LogP contribution in [0.2, 0.25) is 5.02 Å². The lowest BCUT2D eigenvalue weighted by Crippen LogP contribution is -2.33. The smallest absolute Gasteiger partial charge is 0.283 e. The molecule has 6 nitrogen and oxygen atoms in total. The van der Waals surface area contributed by atoms with Crippen LogP contribution in [0.5, 0.6) is 5.75 Å². The number of amides is 2. The second-order valence-corrected chi connectivity index (χ2v) is 9.72. The average molecular weight is 512 g/mol. The molecule has 4 rings (SSSR count). The molecule has 34 heavy (non-hydrogen) atoms. The van der Waals surface area contributed by atoms with Crippen molar-refractivity contribution in [3.8, 4) is 5.75 Å². The first-order chi connectivity index (χ1) is 16.5. The number of methoxy groups -OCH3 is 1. The Balaban J connectivity index is 1.54. The highest BCUT2D eigenvalue weighted by Gasteiger charge is 2.33. The fourth-order valence-corrected chi connectivity index (χ4v) is 5.09. The molecule has 2 amide bonds. The van der Waals surface area contributed by atoms with Gasteiger partial charge in [0.1, 0.15) is 11.4 Å². The number of hydrogen-bond donors (Lipinski definition) is 1. The molecule has 1 unspecified atom stereocenters. The first-order valence-corrected chi connectivity index (χ1v) is 12.7. The largest absolute Gasteiger partial charge is 0.495 e. The number of ether oxygens (including phenoxy) is 1. The number of nitrogens with zero attached hydrogens (tertiary/aromatic N) is 2. The van der Waals surface area contributed by atoms with Gasteiger partial charge in [0.2, 0.25) is 5.91 Å². The van der Waals surface area contributed by atoms with Gasteiger partial charge in [0.15, 0.2) is 5.17 Å². The molecule has 1 aliphatic heterocycles. The van der Waals surface area contributed by atoms with Gasteiger partial charge in [-0.15, -0.1) is 11.3 Å². The predicted octanol–water partition coefficient (Wildman–Crippen LogP) is 5.76. The summed E-state index contributed by atoms with van der Waals surface area (Å²) in [5.41, 5.74) is 1.87. The number of hydrogen-bond acceptors (Lipinski definition) is 6. The number of anilines is 1. The van der Waals surface area contributed by atoms with Gasteiger partial charge in [-0.2, -0.15) is 0 Å². The number of carbonyl (C=O) groups is 2. The van der Waals surface area contributed by atoms with Crippen molar-refractivity contribution in [2.75, 3.05) is 17.8 Å². The maximum absolute atomic E-state index is 13.3. The molecule has 0 bridgehead atoms. The van der Waals surface area contributed by atoms with Gasteiger partial charge < -0.3 is 10.1 Å². The first kappa shape index (κ1) is 24.1. The molecule has 1 aromatic heterocycles. The van der Waals surface area contributed by atoms with Crippen LogP contribution in [0, 0.1) is 0 Å². The van der Waals surface area contributed by atoms with E-state index in [2.05, 4.69) is 10.3 Å². The van der Waals surface area contributed by atoms with Gasteiger partial charge in [-0.25, -0.2) is 4.99 Å². The minimum absolute atomic E-state index is 0.107. The zero-order valence-corrected chi connectivity index (χ0v) is 20.9. The molecule has 0 fully saturated rings. The summed E-state index contributed by atoms with van der Waals surface area (Å²) >= 11 is 9.03. The Morgan fingerprint density at radius 1 is 1.24 bits per heavy atom. The molecule has 0 saturated heterocycles. The Hall–Kier alpha value is -3.07. The highest BCUT2D eigenvalue weighted by atomic mass is 35.5. The summed E-state index contributed by atoms with van der Waals surface area (Å²) in [4.78, 5) is 32.9. The molecule has 2 heterocycles.